The Morgan fingerprint density at radius 2 is 1.75 bits per heavy atom. The van der Waals surface area contributed by atoms with Gasteiger partial charge in [0.05, 0.1) is 22.8 Å². The minimum atomic E-state index is -1.11. The van der Waals surface area contributed by atoms with Gasteiger partial charge in [0.25, 0.3) is 0 Å². The number of amides is 2. The summed E-state index contributed by atoms with van der Waals surface area (Å²) in [6.07, 6.45) is 4.58. The molecular weight excluding hydrogens is 452 g/mol. The molecule has 8 heteroatoms. The van der Waals surface area contributed by atoms with Crippen molar-refractivity contribution in [2.75, 3.05) is 29.9 Å². The van der Waals surface area contributed by atoms with E-state index in [4.69, 9.17) is 0 Å². The second-order valence-corrected chi connectivity index (χ2v) is 10.1. The third-order valence-corrected chi connectivity index (χ3v) is 6.96. The summed E-state index contributed by atoms with van der Waals surface area (Å²) in [5, 5.41) is 4.51. The maximum Gasteiger partial charge on any atom is 0.242 e. The number of aromatic nitrogens is 3. The first-order valence-corrected chi connectivity index (χ1v) is 12.5. The second kappa shape index (κ2) is 10.2. The number of anilines is 2. The van der Waals surface area contributed by atoms with E-state index >= 15 is 0 Å². The van der Waals surface area contributed by atoms with E-state index in [1.165, 1.54) is 5.56 Å². The molecule has 0 aliphatic carbocycles. The first kappa shape index (κ1) is 25.6. The molecule has 3 heterocycles. The van der Waals surface area contributed by atoms with Gasteiger partial charge in [-0.05, 0) is 69.5 Å². The van der Waals surface area contributed by atoms with Gasteiger partial charge < -0.3 is 9.80 Å². The van der Waals surface area contributed by atoms with Crippen molar-refractivity contribution in [3.63, 3.8) is 0 Å². The van der Waals surface area contributed by atoms with Crippen molar-refractivity contribution < 1.29 is 9.59 Å². The van der Waals surface area contributed by atoms with Crippen molar-refractivity contribution in [1.29, 1.82) is 0 Å². The minimum absolute atomic E-state index is 0.168. The third kappa shape index (κ3) is 5.04. The summed E-state index contributed by atoms with van der Waals surface area (Å²) >= 11 is 0. The van der Waals surface area contributed by atoms with Crippen molar-refractivity contribution >= 4 is 23.2 Å². The molecule has 0 spiro atoms. The Bertz CT molecular complexity index is 1250. The number of hydrogen-bond acceptors (Lipinski definition) is 5. The van der Waals surface area contributed by atoms with Crippen LogP contribution in [0.25, 0.3) is 0 Å². The van der Waals surface area contributed by atoms with Crippen molar-refractivity contribution in [2.24, 2.45) is 12.5 Å². The molecule has 0 radical (unpaired) electrons. The zero-order valence-electron chi connectivity index (χ0n) is 22.2. The molecule has 2 aromatic heterocycles. The van der Waals surface area contributed by atoms with Crippen molar-refractivity contribution in [2.45, 2.75) is 47.2 Å². The van der Waals surface area contributed by atoms with Gasteiger partial charge in [-0.2, -0.15) is 5.10 Å². The lowest BCUT2D eigenvalue weighted by molar-refractivity contribution is -0.137. The number of hydrogen-bond donors (Lipinski definition) is 0. The van der Waals surface area contributed by atoms with Gasteiger partial charge in [-0.15, -0.1) is 0 Å². The van der Waals surface area contributed by atoms with Crippen LogP contribution in [-0.4, -0.2) is 51.6 Å². The van der Waals surface area contributed by atoms with Gasteiger partial charge in [0.2, 0.25) is 11.8 Å². The summed E-state index contributed by atoms with van der Waals surface area (Å²) in [6, 6.07) is 12.3. The van der Waals surface area contributed by atoms with Gasteiger partial charge >= 0.3 is 0 Å². The van der Waals surface area contributed by atoms with Crippen LogP contribution in [0.4, 0.5) is 11.4 Å². The summed E-state index contributed by atoms with van der Waals surface area (Å²) in [6.45, 7) is 10.2. The van der Waals surface area contributed by atoms with Crippen LogP contribution in [0.15, 0.2) is 48.8 Å². The highest BCUT2D eigenvalue weighted by Gasteiger charge is 2.45. The van der Waals surface area contributed by atoms with E-state index in [2.05, 4.69) is 39.2 Å². The summed E-state index contributed by atoms with van der Waals surface area (Å²) in [4.78, 5) is 36.4. The Morgan fingerprint density at radius 1 is 0.972 bits per heavy atom. The molecule has 36 heavy (non-hydrogen) atoms. The Balaban J connectivity index is 1.64. The standard InChI is InChI=1S/C28H36N6O2/c1-7-34-24-11-10-22(16-25(24)31(5)26(35)28(3,4)27(34)36)18-33(14-12-21-9-8-13-29-17-21)19-23-15-20(2)30-32(23)6/h8-11,13,15-17H,7,12,14,18-19H2,1-6H3. The van der Waals surface area contributed by atoms with Crippen LogP contribution in [0, 0.1) is 12.3 Å². The van der Waals surface area contributed by atoms with E-state index in [1.54, 1.807) is 36.9 Å². The minimum Gasteiger partial charge on any atom is -0.313 e. The van der Waals surface area contributed by atoms with Crippen LogP contribution in [0.3, 0.4) is 0 Å². The molecule has 190 valence electrons. The molecule has 4 rings (SSSR count). The molecule has 0 bridgehead atoms. The summed E-state index contributed by atoms with van der Waals surface area (Å²) in [5.41, 5.74) is 4.84. The molecule has 1 aliphatic heterocycles. The topological polar surface area (TPSA) is 74.6 Å². The number of nitrogens with zero attached hydrogens (tertiary/aromatic N) is 6. The maximum absolute atomic E-state index is 13.2. The summed E-state index contributed by atoms with van der Waals surface area (Å²) in [7, 11) is 3.74. The van der Waals surface area contributed by atoms with Gasteiger partial charge in [0.15, 0.2) is 0 Å². The number of pyridine rings is 1. The molecule has 0 saturated carbocycles. The first-order valence-electron chi connectivity index (χ1n) is 12.5. The number of carbonyl (C=O) groups excluding carboxylic acids is 2. The molecule has 8 nitrogen and oxygen atoms in total. The summed E-state index contributed by atoms with van der Waals surface area (Å²) in [5.74, 6) is -0.362. The van der Waals surface area contributed by atoms with Crippen LogP contribution in [0.1, 0.15) is 43.3 Å². The largest absolute Gasteiger partial charge is 0.313 e. The van der Waals surface area contributed by atoms with Crippen molar-refractivity contribution in [3.8, 4) is 0 Å². The van der Waals surface area contributed by atoms with Gasteiger partial charge in [-0.25, -0.2) is 0 Å². The molecule has 0 N–H and O–H groups in total. The first-order chi connectivity index (χ1) is 17.1. The molecule has 3 aromatic rings. The average molecular weight is 489 g/mol. The van der Waals surface area contributed by atoms with E-state index in [1.807, 2.05) is 43.9 Å². The van der Waals surface area contributed by atoms with Crippen LogP contribution < -0.4 is 9.80 Å². The lowest BCUT2D eigenvalue weighted by Crippen LogP contribution is -2.47. The van der Waals surface area contributed by atoms with Crippen LogP contribution in [-0.2, 0) is 36.1 Å². The van der Waals surface area contributed by atoms with Gasteiger partial charge in [-0.3, -0.25) is 24.2 Å². The lowest BCUT2D eigenvalue weighted by atomic mass is 9.90. The molecular formula is C28H36N6O2. The zero-order chi connectivity index (χ0) is 26.0. The average Bonchev–Trinajstić information content (AvgIpc) is 3.16. The van der Waals surface area contributed by atoms with E-state index < -0.39 is 5.41 Å². The molecule has 1 aromatic carbocycles. The van der Waals surface area contributed by atoms with Gasteiger partial charge in [0.1, 0.15) is 5.41 Å². The number of aryl methyl sites for hydroxylation is 2. The normalized spacial score (nSPS) is 15.4. The van der Waals surface area contributed by atoms with Crippen LogP contribution in [0.5, 0.6) is 0 Å². The number of fused-ring (bicyclic) bond motifs is 1. The smallest absolute Gasteiger partial charge is 0.242 e. The highest BCUT2D eigenvalue weighted by molar-refractivity contribution is 6.19. The fourth-order valence-corrected chi connectivity index (χ4v) is 4.89. The predicted octanol–water partition coefficient (Wildman–Crippen LogP) is 3.72. The van der Waals surface area contributed by atoms with Crippen molar-refractivity contribution in [3.05, 3.63) is 71.3 Å². The van der Waals surface area contributed by atoms with Gasteiger partial charge in [0, 0.05) is 52.7 Å². The predicted molar refractivity (Wildman–Crippen MR) is 142 cm³/mol. The Kier molecular flexibility index (Phi) is 7.26. The van der Waals surface area contributed by atoms with E-state index in [0.29, 0.717) is 13.1 Å². The number of carbonyl (C=O) groups is 2. The Morgan fingerprint density at radius 3 is 2.39 bits per heavy atom. The van der Waals surface area contributed by atoms with Crippen molar-refractivity contribution in [1.82, 2.24) is 19.7 Å². The molecule has 1 aliphatic rings. The third-order valence-electron chi connectivity index (χ3n) is 6.96. The van der Waals surface area contributed by atoms with E-state index in [-0.39, 0.29) is 11.8 Å². The second-order valence-electron chi connectivity index (χ2n) is 10.1. The lowest BCUT2D eigenvalue weighted by Gasteiger charge is -2.27. The molecule has 0 unspecified atom stereocenters. The highest BCUT2D eigenvalue weighted by Crippen LogP contribution is 2.39. The molecule has 0 saturated heterocycles. The monoisotopic (exact) mass is 488 g/mol. The molecule has 2 amide bonds. The zero-order valence-corrected chi connectivity index (χ0v) is 22.2. The Hall–Kier alpha value is -3.52. The van der Waals surface area contributed by atoms with E-state index in [9.17, 15) is 9.59 Å². The summed E-state index contributed by atoms with van der Waals surface area (Å²) < 4.78 is 1.93. The molecule has 0 fully saturated rings. The van der Waals surface area contributed by atoms with E-state index in [0.717, 1.165) is 47.8 Å². The molecule has 0 atom stereocenters. The van der Waals surface area contributed by atoms with Crippen LogP contribution >= 0.6 is 0 Å². The number of benzene rings is 1. The fourth-order valence-electron chi connectivity index (χ4n) is 4.89. The number of rotatable bonds is 8. The SMILES string of the molecule is CCN1C(=O)C(C)(C)C(=O)N(C)c2cc(CN(CCc3cccnc3)Cc3cc(C)nn3C)ccc21. The van der Waals surface area contributed by atoms with Gasteiger partial charge in [-0.1, -0.05) is 12.1 Å². The quantitative estimate of drug-likeness (QED) is 0.452. The maximum atomic E-state index is 13.2. The van der Waals surface area contributed by atoms with Crippen LogP contribution in [0.2, 0.25) is 0 Å². The highest BCUT2D eigenvalue weighted by atomic mass is 16.2. The fraction of sp³-hybridized carbons (Fsp3) is 0.429. The Labute approximate surface area is 213 Å².